The summed E-state index contributed by atoms with van der Waals surface area (Å²) in [7, 11) is 0. The summed E-state index contributed by atoms with van der Waals surface area (Å²) < 4.78 is 0. The van der Waals surface area contributed by atoms with E-state index in [1.165, 1.54) is 38.1 Å². The van der Waals surface area contributed by atoms with E-state index < -0.39 is 10.7 Å². The Morgan fingerprint density at radius 2 is 2.06 bits per heavy atom. The van der Waals surface area contributed by atoms with Gasteiger partial charge in [0.1, 0.15) is 5.76 Å². The van der Waals surface area contributed by atoms with Crippen LogP contribution in [0.4, 0.5) is 11.4 Å². The van der Waals surface area contributed by atoms with Crippen molar-refractivity contribution in [2.24, 2.45) is 10.2 Å². The van der Waals surface area contributed by atoms with Gasteiger partial charge in [0.2, 0.25) is 0 Å². The van der Waals surface area contributed by atoms with Crippen molar-refractivity contribution in [2.75, 3.05) is 0 Å². The molecular weight excluding hydrogens is 238 g/mol. The van der Waals surface area contributed by atoms with Gasteiger partial charge in [-0.15, -0.1) is 5.11 Å². The number of allylic oxidation sites excluding steroid dienone is 2. The number of non-ortho nitro benzene ring substituents is 1. The molecule has 0 aromatic heterocycles. The Kier molecular flexibility index (Phi) is 4.25. The van der Waals surface area contributed by atoms with Crippen LogP contribution in [0.2, 0.25) is 0 Å². The summed E-state index contributed by atoms with van der Waals surface area (Å²) in [6.45, 7) is 2.55. The normalized spacial score (nSPS) is 12.3. The van der Waals surface area contributed by atoms with Gasteiger partial charge < -0.3 is 5.11 Å². The number of nitro benzene ring substituents is 1. The lowest BCUT2D eigenvalue weighted by Crippen LogP contribution is -1.96. The number of hydrogen-bond acceptors (Lipinski definition) is 6. The Labute approximate surface area is 103 Å². The maximum Gasteiger partial charge on any atom is 0.271 e. The first-order valence-corrected chi connectivity index (χ1v) is 4.99. The number of carbonyl (C=O) groups excluding carboxylic acids is 1. The Morgan fingerprint density at radius 1 is 1.39 bits per heavy atom. The van der Waals surface area contributed by atoms with Gasteiger partial charge in [-0.2, -0.15) is 5.11 Å². The van der Waals surface area contributed by atoms with Crippen molar-refractivity contribution < 1.29 is 14.8 Å². The molecule has 0 bridgehead atoms. The van der Waals surface area contributed by atoms with Crippen LogP contribution < -0.4 is 0 Å². The summed E-state index contributed by atoms with van der Waals surface area (Å²) >= 11 is 0. The summed E-state index contributed by atoms with van der Waals surface area (Å²) in [5.41, 5.74) is -0.0776. The van der Waals surface area contributed by atoms with Gasteiger partial charge in [0.15, 0.2) is 11.5 Å². The Bertz CT molecular complexity index is 545. The third kappa shape index (κ3) is 3.48. The zero-order chi connectivity index (χ0) is 13.7. The molecule has 0 saturated carbocycles. The third-order valence-corrected chi connectivity index (χ3v) is 1.98. The van der Waals surface area contributed by atoms with Gasteiger partial charge in [-0.1, -0.05) is 6.07 Å². The Morgan fingerprint density at radius 3 is 2.56 bits per heavy atom. The van der Waals surface area contributed by atoms with E-state index >= 15 is 0 Å². The van der Waals surface area contributed by atoms with E-state index in [4.69, 9.17) is 0 Å². The molecule has 0 spiro atoms. The molecule has 0 saturated heterocycles. The Balaban J connectivity index is 3.04. The first-order valence-electron chi connectivity index (χ1n) is 4.99. The molecule has 0 aliphatic heterocycles. The van der Waals surface area contributed by atoms with E-state index in [1.807, 2.05) is 0 Å². The van der Waals surface area contributed by atoms with Crippen LogP contribution in [-0.2, 0) is 4.79 Å². The lowest BCUT2D eigenvalue weighted by molar-refractivity contribution is -0.384. The second-order valence-electron chi connectivity index (χ2n) is 3.47. The minimum atomic E-state index is -0.558. The summed E-state index contributed by atoms with van der Waals surface area (Å²) in [5.74, 6) is -0.694. The quantitative estimate of drug-likeness (QED) is 0.291. The molecule has 0 fully saturated rings. The number of nitrogens with zero attached hydrogens (tertiary/aromatic N) is 3. The highest BCUT2D eigenvalue weighted by Crippen LogP contribution is 2.21. The highest BCUT2D eigenvalue weighted by Gasteiger charge is 2.08. The second-order valence-corrected chi connectivity index (χ2v) is 3.47. The van der Waals surface area contributed by atoms with Gasteiger partial charge in [0.05, 0.1) is 10.6 Å². The molecule has 7 heteroatoms. The second kappa shape index (κ2) is 5.67. The van der Waals surface area contributed by atoms with Gasteiger partial charge in [-0.25, -0.2) is 0 Å². The maximum absolute atomic E-state index is 11.1. The largest absolute Gasteiger partial charge is 0.510 e. The molecule has 0 atom stereocenters. The van der Waals surface area contributed by atoms with Crippen LogP contribution in [0.5, 0.6) is 0 Å². The summed E-state index contributed by atoms with van der Waals surface area (Å²) in [5, 5.41) is 27.0. The molecule has 0 radical (unpaired) electrons. The van der Waals surface area contributed by atoms with E-state index in [0.29, 0.717) is 0 Å². The number of carbonyl (C=O) groups is 1. The van der Waals surface area contributed by atoms with Gasteiger partial charge in [0.25, 0.3) is 5.69 Å². The number of hydrogen-bond donors (Lipinski definition) is 1. The van der Waals surface area contributed by atoms with Gasteiger partial charge in [-0.05, 0) is 13.0 Å². The molecule has 7 nitrogen and oxygen atoms in total. The third-order valence-electron chi connectivity index (χ3n) is 1.98. The van der Waals surface area contributed by atoms with Crippen molar-refractivity contribution in [1.29, 1.82) is 0 Å². The zero-order valence-electron chi connectivity index (χ0n) is 9.82. The van der Waals surface area contributed by atoms with Crippen LogP contribution in [0, 0.1) is 10.1 Å². The zero-order valence-corrected chi connectivity index (χ0v) is 9.82. The first kappa shape index (κ1) is 13.5. The van der Waals surface area contributed by atoms with Crippen LogP contribution in [-0.4, -0.2) is 15.8 Å². The minimum Gasteiger partial charge on any atom is -0.510 e. The fourth-order valence-electron chi connectivity index (χ4n) is 1.17. The molecule has 0 unspecified atom stereocenters. The standard InChI is InChI=1S/C11H11N3O4/c1-7(15)11(8(2)16)13-12-9-4-3-5-10(6-9)14(17)18/h3-6,15H,1-2H3. The van der Waals surface area contributed by atoms with Gasteiger partial charge >= 0.3 is 0 Å². The minimum absolute atomic E-state index is 0.125. The first-order chi connectivity index (χ1) is 8.41. The number of nitro groups is 1. The number of Topliss-reactive ketones (excluding diaryl/α,β-unsaturated/α-hetero) is 1. The van der Waals surface area contributed by atoms with E-state index in [0.717, 1.165) is 0 Å². The van der Waals surface area contributed by atoms with Crippen molar-refractivity contribution >= 4 is 17.2 Å². The van der Waals surface area contributed by atoms with E-state index in [9.17, 15) is 20.0 Å². The molecule has 0 heterocycles. The number of aliphatic hydroxyl groups excluding tert-OH is 1. The fraction of sp³-hybridized carbons (Fsp3) is 0.182. The number of benzene rings is 1. The molecule has 94 valence electrons. The van der Waals surface area contributed by atoms with Crippen LogP contribution in [0.3, 0.4) is 0 Å². The van der Waals surface area contributed by atoms with Gasteiger partial charge in [0, 0.05) is 19.1 Å². The summed E-state index contributed by atoms with van der Waals surface area (Å²) in [6.07, 6.45) is 0. The topological polar surface area (TPSA) is 105 Å². The maximum atomic E-state index is 11.1. The monoisotopic (exact) mass is 249 g/mol. The van der Waals surface area contributed by atoms with E-state index in [2.05, 4.69) is 10.2 Å². The molecule has 1 aromatic carbocycles. The van der Waals surface area contributed by atoms with E-state index in [1.54, 1.807) is 0 Å². The van der Waals surface area contributed by atoms with Crippen LogP contribution in [0.25, 0.3) is 0 Å². The van der Waals surface area contributed by atoms with Crippen LogP contribution in [0.1, 0.15) is 13.8 Å². The lowest BCUT2D eigenvalue weighted by Gasteiger charge is -1.97. The Hall–Kier alpha value is -2.57. The van der Waals surface area contributed by atoms with Crippen LogP contribution >= 0.6 is 0 Å². The molecule has 1 N–H and O–H groups in total. The highest BCUT2D eigenvalue weighted by molar-refractivity contribution is 5.93. The van der Waals surface area contributed by atoms with Crippen molar-refractivity contribution in [3.05, 3.63) is 45.8 Å². The summed E-state index contributed by atoms with van der Waals surface area (Å²) in [4.78, 5) is 21.1. The van der Waals surface area contributed by atoms with Crippen LogP contribution in [0.15, 0.2) is 46.0 Å². The lowest BCUT2D eigenvalue weighted by atomic mass is 10.3. The molecule has 0 aliphatic carbocycles. The molecular formula is C11H11N3O4. The molecule has 1 aromatic rings. The predicted molar refractivity (Wildman–Crippen MR) is 63.6 cm³/mol. The smallest absolute Gasteiger partial charge is 0.271 e. The van der Waals surface area contributed by atoms with Crippen molar-refractivity contribution in [3.63, 3.8) is 0 Å². The van der Waals surface area contributed by atoms with Gasteiger partial charge in [-0.3, -0.25) is 14.9 Å². The number of aliphatic hydroxyl groups is 1. The summed E-state index contributed by atoms with van der Waals surface area (Å²) in [6, 6.07) is 5.49. The number of rotatable bonds is 4. The SMILES string of the molecule is CC(=O)C(N=Nc1cccc([N+](=O)[O-])c1)=C(C)O. The number of ketones is 1. The average molecular weight is 249 g/mol. The van der Waals surface area contributed by atoms with Crippen molar-refractivity contribution in [2.45, 2.75) is 13.8 Å². The molecule has 0 aliphatic rings. The number of azo groups is 1. The van der Waals surface area contributed by atoms with E-state index in [-0.39, 0.29) is 22.8 Å². The highest BCUT2D eigenvalue weighted by atomic mass is 16.6. The molecule has 18 heavy (non-hydrogen) atoms. The molecule has 0 amide bonds. The fourth-order valence-corrected chi connectivity index (χ4v) is 1.17. The predicted octanol–water partition coefficient (Wildman–Crippen LogP) is 3.06. The molecule has 1 rings (SSSR count). The van der Waals surface area contributed by atoms with Crippen molar-refractivity contribution in [1.82, 2.24) is 0 Å². The van der Waals surface area contributed by atoms with Crippen molar-refractivity contribution in [3.8, 4) is 0 Å². The average Bonchev–Trinajstić information content (AvgIpc) is 2.28.